The van der Waals surface area contributed by atoms with Crippen LogP contribution in [0.5, 0.6) is 0 Å². The maximum Gasteiger partial charge on any atom is 0.334 e. The van der Waals surface area contributed by atoms with Gasteiger partial charge in [0.25, 0.3) is 5.91 Å². The Morgan fingerprint density at radius 2 is 1.48 bits per heavy atom. The highest BCUT2D eigenvalue weighted by Gasteiger charge is 2.10. The number of ether oxygens (including phenoxy) is 1. The number of benzene rings is 3. The normalized spacial score (nSPS) is 10.8. The summed E-state index contributed by atoms with van der Waals surface area (Å²) in [5.74, 6) is -0.899. The smallest absolute Gasteiger partial charge is 0.334 e. The molecule has 0 spiro atoms. The lowest BCUT2D eigenvalue weighted by atomic mass is 10.1. The van der Waals surface area contributed by atoms with E-state index in [0.29, 0.717) is 29.2 Å². The Morgan fingerprint density at radius 3 is 2.20 bits per heavy atom. The second-order valence-electron chi connectivity index (χ2n) is 8.37. The van der Waals surface area contributed by atoms with Crippen LogP contribution in [-0.2, 0) is 16.0 Å². The summed E-state index contributed by atoms with van der Waals surface area (Å²) in [4.78, 5) is 36.7. The van der Waals surface area contributed by atoms with E-state index in [1.165, 1.54) is 0 Å². The van der Waals surface area contributed by atoms with Gasteiger partial charge in [0.2, 0.25) is 0 Å². The molecule has 0 fully saturated rings. The number of rotatable bonds is 10. The number of hydrogen-bond acceptors (Lipinski definition) is 8. The summed E-state index contributed by atoms with van der Waals surface area (Å²) >= 11 is 0. The minimum atomic E-state index is -0.695. The van der Waals surface area contributed by atoms with E-state index < -0.39 is 17.9 Å². The Hall–Kier alpha value is -5.71. The number of para-hydroxylation sites is 1. The first-order valence-corrected chi connectivity index (χ1v) is 12.3. The van der Waals surface area contributed by atoms with E-state index in [-0.39, 0.29) is 12.4 Å². The zero-order valence-electron chi connectivity index (χ0n) is 21.3. The predicted octanol–water partition coefficient (Wildman–Crippen LogP) is 3.61. The Balaban J connectivity index is 1.24. The Bertz CT molecular complexity index is 1480. The molecule has 0 aliphatic rings. The van der Waals surface area contributed by atoms with Gasteiger partial charge in [0, 0.05) is 23.2 Å². The molecule has 4 aromatic rings. The first kappa shape index (κ1) is 27.3. The third-order valence-corrected chi connectivity index (χ3v) is 5.49. The molecule has 6 N–H and O–H groups in total. The molecule has 0 atom stereocenters. The van der Waals surface area contributed by atoms with Crippen molar-refractivity contribution in [3.8, 4) is 11.3 Å². The lowest BCUT2D eigenvalue weighted by molar-refractivity contribution is -0.137. The molecule has 202 valence electrons. The highest BCUT2D eigenvalue weighted by Crippen LogP contribution is 2.18. The summed E-state index contributed by atoms with van der Waals surface area (Å²) in [5.41, 5.74) is 13.9. The number of nitrogens with two attached hydrogens (primary N) is 1. The maximum atomic E-state index is 12.6. The van der Waals surface area contributed by atoms with Crippen LogP contribution in [0.3, 0.4) is 0 Å². The summed E-state index contributed by atoms with van der Waals surface area (Å²) in [6.45, 7) is 0.0335. The van der Waals surface area contributed by atoms with Crippen LogP contribution in [0.4, 0.5) is 16.3 Å². The van der Waals surface area contributed by atoms with Crippen molar-refractivity contribution in [2.75, 3.05) is 17.2 Å². The van der Waals surface area contributed by atoms with Gasteiger partial charge in [-0.05, 0) is 35.9 Å². The summed E-state index contributed by atoms with van der Waals surface area (Å²) in [5, 5.41) is 13.7. The molecule has 0 radical (unpaired) electrons. The maximum absolute atomic E-state index is 12.6. The van der Waals surface area contributed by atoms with Crippen LogP contribution in [-0.4, -0.2) is 34.7 Å². The number of hydrazine groups is 1. The van der Waals surface area contributed by atoms with Gasteiger partial charge in [-0.15, -0.1) is 10.2 Å². The van der Waals surface area contributed by atoms with Crippen LogP contribution < -0.4 is 27.2 Å². The third kappa shape index (κ3) is 8.15. The predicted molar refractivity (Wildman–Crippen MR) is 151 cm³/mol. The standard InChI is InChI=1S/C29H27N7O4/c30-25(34-36-28(38)22-12-5-2-6-13-22)19-27(37)40-18-17-21-11-7-8-14-23(21)31-29(39)32-26-16-15-24(33-35-26)20-9-3-1-4-10-20/h1-16,19,34H,17-18,30H2,(H,36,38)(H2,31,32,35,39). The van der Waals surface area contributed by atoms with Crippen molar-refractivity contribution in [1.82, 2.24) is 21.0 Å². The second kappa shape index (κ2) is 13.7. The van der Waals surface area contributed by atoms with Crippen molar-refractivity contribution in [3.63, 3.8) is 0 Å². The van der Waals surface area contributed by atoms with Gasteiger partial charge in [0.15, 0.2) is 5.82 Å². The van der Waals surface area contributed by atoms with Gasteiger partial charge in [-0.25, -0.2) is 9.59 Å². The van der Waals surface area contributed by atoms with E-state index in [1.54, 1.807) is 54.6 Å². The Morgan fingerprint density at radius 1 is 0.775 bits per heavy atom. The number of aromatic nitrogens is 2. The van der Waals surface area contributed by atoms with Gasteiger partial charge in [0.05, 0.1) is 18.4 Å². The zero-order chi connectivity index (χ0) is 28.2. The van der Waals surface area contributed by atoms with Crippen molar-refractivity contribution >= 4 is 29.4 Å². The van der Waals surface area contributed by atoms with Gasteiger partial charge in [-0.2, -0.15) is 0 Å². The van der Waals surface area contributed by atoms with Crippen molar-refractivity contribution in [3.05, 3.63) is 120 Å². The van der Waals surface area contributed by atoms with E-state index >= 15 is 0 Å². The molecule has 40 heavy (non-hydrogen) atoms. The van der Waals surface area contributed by atoms with Crippen molar-refractivity contribution < 1.29 is 19.1 Å². The van der Waals surface area contributed by atoms with E-state index in [1.807, 2.05) is 42.5 Å². The number of carbonyl (C=O) groups excluding carboxylic acids is 3. The van der Waals surface area contributed by atoms with E-state index in [0.717, 1.165) is 17.2 Å². The molecule has 1 aromatic heterocycles. The van der Waals surface area contributed by atoms with Crippen LogP contribution in [0.2, 0.25) is 0 Å². The van der Waals surface area contributed by atoms with Crippen LogP contribution in [0.25, 0.3) is 11.3 Å². The number of hydrogen-bond donors (Lipinski definition) is 5. The molecule has 0 aliphatic carbocycles. The fraction of sp³-hybridized carbons (Fsp3) is 0.0690. The van der Waals surface area contributed by atoms with Crippen LogP contribution in [0, 0.1) is 0 Å². The number of carbonyl (C=O) groups is 3. The molecule has 3 amide bonds. The Labute approximate surface area is 230 Å². The molecule has 0 aliphatic heterocycles. The van der Waals surface area contributed by atoms with Crippen LogP contribution in [0.1, 0.15) is 15.9 Å². The molecule has 0 saturated carbocycles. The summed E-state index contributed by atoms with van der Waals surface area (Å²) in [6.07, 6.45) is 1.35. The average molecular weight is 538 g/mol. The molecule has 4 rings (SSSR count). The minimum Gasteiger partial charge on any atom is -0.462 e. The van der Waals surface area contributed by atoms with Gasteiger partial charge >= 0.3 is 12.0 Å². The molecule has 1 heterocycles. The molecule has 11 nitrogen and oxygen atoms in total. The molecule has 3 aromatic carbocycles. The van der Waals surface area contributed by atoms with Gasteiger partial charge < -0.3 is 15.8 Å². The fourth-order valence-corrected chi connectivity index (χ4v) is 3.55. The molecular formula is C29H27N7O4. The van der Waals surface area contributed by atoms with Crippen molar-refractivity contribution in [2.45, 2.75) is 6.42 Å². The zero-order valence-corrected chi connectivity index (χ0v) is 21.3. The molecule has 0 saturated heterocycles. The first-order valence-electron chi connectivity index (χ1n) is 12.3. The number of anilines is 2. The second-order valence-corrected chi connectivity index (χ2v) is 8.37. The first-order chi connectivity index (χ1) is 19.5. The van der Waals surface area contributed by atoms with Crippen molar-refractivity contribution in [1.29, 1.82) is 0 Å². The lowest BCUT2D eigenvalue weighted by Gasteiger charge is -2.12. The third-order valence-electron chi connectivity index (χ3n) is 5.49. The van der Waals surface area contributed by atoms with E-state index in [2.05, 4.69) is 31.7 Å². The number of amides is 3. The fourth-order valence-electron chi connectivity index (χ4n) is 3.55. The summed E-state index contributed by atoms with van der Waals surface area (Å²) in [6, 6.07) is 28.2. The Kier molecular flexibility index (Phi) is 9.38. The van der Waals surface area contributed by atoms with Crippen LogP contribution in [0.15, 0.2) is 109 Å². The molecule has 0 bridgehead atoms. The number of urea groups is 1. The van der Waals surface area contributed by atoms with Gasteiger partial charge in [0.1, 0.15) is 5.82 Å². The highest BCUT2D eigenvalue weighted by atomic mass is 16.5. The monoisotopic (exact) mass is 537 g/mol. The summed E-state index contributed by atoms with van der Waals surface area (Å²) < 4.78 is 5.22. The van der Waals surface area contributed by atoms with Gasteiger partial charge in [-0.3, -0.25) is 21.0 Å². The SMILES string of the molecule is NC(=CC(=O)OCCc1ccccc1NC(=O)Nc1ccc(-c2ccccc2)nn1)NNC(=O)c1ccccc1. The van der Waals surface area contributed by atoms with Crippen LogP contribution >= 0.6 is 0 Å². The lowest BCUT2D eigenvalue weighted by Crippen LogP contribution is -2.39. The molecular weight excluding hydrogens is 510 g/mol. The number of nitrogens with zero attached hydrogens (tertiary/aromatic N) is 2. The topological polar surface area (TPSA) is 160 Å². The highest BCUT2D eigenvalue weighted by molar-refractivity contribution is 5.99. The summed E-state index contributed by atoms with van der Waals surface area (Å²) in [7, 11) is 0. The number of esters is 1. The number of nitrogens with one attached hydrogen (secondary N) is 4. The van der Waals surface area contributed by atoms with E-state index in [9.17, 15) is 14.4 Å². The quantitative estimate of drug-likeness (QED) is 0.116. The van der Waals surface area contributed by atoms with Crippen molar-refractivity contribution in [2.24, 2.45) is 5.73 Å². The average Bonchev–Trinajstić information content (AvgIpc) is 2.98. The van der Waals surface area contributed by atoms with E-state index in [4.69, 9.17) is 10.5 Å². The molecule has 0 unspecified atom stereocenters. The molecule has 11 heteroatoms. The minimum absolute atomic E-state index is 0.0335. The largest absolute Gasteiger partial charge is 0.462 e. The van der Waals surface area contributed by atoms with Gasteiger partial charge in [-0.1, -0.05) is 66.7 Å².